The van der Waals surface area contributed by atoms with E-state index < -0.39 is 22.5 Å². The fourth-order valence-electron chi connectivity index (χ4n) is 3.33. The molecule has 11 heteroatoms. The lowest BCUT2D eigenvalue weighted by atomic mass is 10.2. The van der Waals surface area contributed by atoms with Gasteiger partial charge in [-0.3, -0.25) is 9.10 Å². The van der Waals surface area contributed by atoms with Gasteiger partial charge in [0.1, 0.15) is 6.54 Å². The van der Waals surface area contributed by atoms with Gasteiger partial charge >= 0.3 is 0 Å². The number of carbonyl (C=O) groups excluding carboxylic acids is 1. The first-order valence-corrected chi connectivity index (χ1v) is 12.6. The molecule has 0 bridgehead atoms. The van der Waals surface area contributed by atoms with E-state index in [2.05, 4.69) is 10.5 Å². The summed E-state index contributed by atoms with van der Waals surface area (Å²) in [5.41, 5.74) is 6.18. The Morgan fingerprint density at radius 1 is 1.03 bits per heavy atom. The van der Waals surface area contributed by atoms with Crippen LogP contribution in [0.2, 0.25) is 15.1 Å². The highest BCUT2D eigenvalue weighted by Gasteiger charge is 2.21. The molecule has 7 nitrogen and oxygen atoms in total. The minimum Gasteiger partial charge on any atom is -0.318 e. The third-order valence-electron chi connectivity index (χ3n) is 4.77. The molecule has 1 aromatic heterocycles. The SMILES string of the molecule is Cc1cc(/C=N\NC(=O)CN(c2cc(Cl)cc(Cl)c2)S(C)(=O)=O)c(C)n1-c1ccc(Cl)cc1. The standard InChI is InChI=1S/C22H21Cl3N4O3S/c1-14-8-16(15(2)29(14)20-6-4-17(23)5-7-20)12-26-27-22(30)13-28(33(3,31)32)21-10-18(24)9-19(25)11-21/h4-12H,13H2,1-3H3,(H,27,30)/b26-12-. The van der Waals surface area contributed by atoms with E-state index in [9.17, 15) is 13.2 Å². The molecule has 0 aliphatic heterocycles. The number of halogens is 3. The molecule has 3 aromatic rings. The average Bonchev–Trinajstić information content (AvgIpc) is 2.98. The number of nitrogens with one attached hydrogen (secondary N) is 1. The summed E-state index contributed by atoms with van der Waals surface area (Å²) in [6.45, 7) is 3.40. The van der Waals surface area contributed by atoms with Crippen molar-refractivity contribution in [1.29, 1.82) is 0 Å². The highest BCUT2D eigenvalue weighted by Crippen LogP contribution is 2.27. The normalized spacial score (nSPS) is 11.7. The molecule has 1 amide bonds. The number of hydrogen-bond donors (Lipinski definition) is 1. The molecule has 3 rings (SSSR count). The number of hydrazone groups is 1. The first kappa shape index (κ1) is 25.1. The van der Waals surface area contributed by atoms with Crippen LogP contribution in [0.4, 0.5) is 5.69 Å². The number of benzene rings is 2. The quantitative estimate of drug-likeness (QED) is 0.348. The third-order valence-corrected chi connectivity index (χ3v) is 6.60. The Hall–Kier alpha value is -2.52. The van der Waals surface area contributed by atoms with Crippen molar-refractivity contribution < 1.29 is 13.2 Å². The van der Waals surface area contributed by atoms with Crippen molar-refractivity contribution in [3.8, 4) is 5.69 Å². The summed E-state index contributed by atoms with van der Waals surface area (Å²) in [6.07, 6.45) is 2.50. The Balaban J connectivity index is 1.75. The Bertz CT molecular complexity index is 1300. The molecule has 0 radical (unpaired) electrons. The van der Waals surface area contributed by atoms with Crippen molar-refractivity contribution in [3.63, 3.8) is 0 Å². The number of aryl methyl sites for hydroxylation is 1. The van der Waals surface area contributed by atoms with Gasteiger partial charge in [-0.1, -0.05) is 34.8 Å². The van der Waals surface area contributed by atoms with Gasteiger partial charge in [-0.25, -0.2) is 13.8 Å². The highest BCUT2D eigenvalue weighted by molar-refractivity contribution is 7.92. The third kappa shape index (κ3) is 6.29. The van der Waals surface area contributed by atoms with Crippen LogP contribution in [0.1, 0.15) is 17.0 Å². The van der Waals surface area contributed by atoms with Crippen LogP contribution in [-0.2, 0) is 14.8 Å². The van der Waals surface area contributed by atoms with Crippen molar-refractivity contribution in [2.75, 3.05) is 17.1 Å². The summed E-state index contributed by atoms with van der Waals surface area (Å²) < 4.78 is 27.4. The molecule has 174 valence electrons. The molecule has 2 aromatic carbocycles. The number of nitrogens with zero attached hydrogens (tertiary/aromatic N) is 3. The number of hydrogen-bond acceptors (Lipinski definition) is 4. The molecule has 0 unspecified atom stereocenters. The van der Waals surface area contributed by atoms with Crippen LogP contribution in [-0.4, -0.2) is 37.9 Å². The lowest BCUT2D eigenvalue weighted by Gasteiger charge is -2.21. The van der Waals surface area contributed by atoms with Gasteiger partial charge in [-0.2, -0.15) is 5.10 Å². The van der Waals surface area contributed by atoms with E-state index in [0.29, 0.717) is 5.02 Å². The van der Waals surface area contributed by atoms with Crippen molar-refractivity contribution >= 4 is 62.6 Å². The number of aromatic nitrogens is 1. The largest absolute Gasteiger partial charge is 0.318 e. The number of carbonyl (C=O) groups is 1. The summed E-state index contributed by atoms with van der Waals surface area (Å²) in [7, 11) is -3.78. The summed E-state index contributed by atoms with van der Waals surface area (Å²) in [5.74, 6) is -0.626. The minimum atomic E-state index is -3.78. The maximum Gasteiger partial charge on any atom is 0.260 e. The fraction of sp³-hybridized carbons (Fsp3) is 0.182. The fourth-order valence-corrected chi connectivity index (χ4v) is 4.81. The van der Waals surface area contributed by atoms with Crippen LogP contribution in [0.3, 0.4) is 0 Å². The lowest BCUT2D eigenvalue weighted by molar-refractivity contribution is -0.119. The average molecular weight is 528 g/mol. The molecule has 0 atom stereocenters. The molecule has 0 aliphatic carbocycles. The predicted octanol–water partition coefficient (Wildman–Crippen LogP) is 4.97. The molecular formula is C22H21Cl3N4O3S. The number of anilines is 1. The van der Waals surface area contributed by atoms with Crippen molar-refractivity contribution in [2.45, 2.75) is 13.8 Å². The van der Waals surface area contributed by atoms with Gasteiger partial charge in [-0.05, 0) is 62.4 Å². The zero-order chi connectivity index (χ0) is 24.3. The molecule has 33 heavy (non-hydrogen) atoms. The van der Waals surface area contributed by atoms with Gasteiger partial charge in [0.25, 0.3) is 5.91 Å². The van der Waals surface area contributed by atoms with Crippen LogP contribution in [0.5, 0.6) is 0 Å². The van der Waals surface area contributed by atoms with Crippen LogP contribution < -0.4 is 9.73 Å². The molecule has 1 N–H and O–H groups in total. The van der Waals surface area contributed by atoms with E-state index in [4.69, 9.17) is 34.8 Å². The number of rotatable bonds is 7. The molecule has 0 spiro atoms. The molecule has 1 heterocycles. The van der Waals surface area contributed by atoms with Crippen LogP contribution in [0.25, 0.3) is 5.69 Å². The summed E-state index contributed by atoms with van der Waals surface area (Å²) in [6, 6.07) is 13.7. The Morgan fingerprint density at radius 3 is 2.21 bits per heavy atom. The van der Waals surface area contributed by atoms with Crippen molar-refractivity contribution in [1.82, 2.24) is 9.99 Å². The number of amides is 1. The van der Waals surface area contributed by atoms with Gasteiger partial charge in [-0.15, -0.1) is 0 Å². The molecule has 0 saturated heterocycles. The Labute approximate surface area is 207 Å². The first-order chi connectivity index (χ1) is 15.5. The summed E-state index contributed by atoms with van der Waals surface area (Å²) in [5, 5.41) is 5.14. The predicted molar refractivity (Wildman–Crippen MR) is 135 cm³/mol. The van der Waals surface area contributed by atoms with Gasteiger partial charge in [0, 0.05) is 37.7 Å². The van der Waals surface area contributed by atoms with E-state index in [1.54, 1.807) is 0 Å². The van der Waals surface area contributed by atoms with Gasteiger partial charge in [0.15, 0.2) is 0 Å². The second-order valence-corrected chi connectivity index (χ2v) is 10.5. The summed E-state index contributed by atoms with van der Waals surface area (Å²) in [4.78, 5) is 12.4. The van der Waals surface area contributed by atoms with E-state index >= 15 is 0 Å². The topological polar surface area (TPSA) is 83.8 Å². The molecule has 0 aliphatic rings. The van der Waals surface area contributed by atoms with Crippen molar-refractivity contribution in [3.05, 3.63) is 80.6 Å². The zero-order valence-corrected chi connectivity index (χ0v) is 21.1. The first-order valence-electron chi connectivity index (χ1n) is 9.66. The van der Waals surface area contributed by atoms with E-state index in [1.165, 1.54) is 24.4 Å². The minimum absolute atomic E-state index is 0.181. The molecular weight excluding hydrogens is 507 g/mol. The van der Waals surface area contributed by atoms with Crippen LogP contribution >= 0.6 is 34.8 Å². The van der Waals surface area contributed by atoms with Gasteiger partial charge in [0.05, 0.1) is 18.2 Å². The van der Waals surface area contributed by atoms with E-state index in [1.807, 2.05) is 48.7 Å². The molecule has 0 fully saturated rings. The second kappa shape index (κ2) is 10.2. The van der Waals surface area contributed by atoms with Crippen LogP contribution in [0, 0.1) is 13.8 Å². The van der Waals surface area contributed by atoms with E-state index in [0.717, 1.165) is 33.2 Å². The van der Waals surface area contributed by atoms with E-state index in [-0.39, 0.29) is 15.7 Å². The maximum absolute atomic E-state index is 12.4. The second-order valence-electron chi connectivity index (χ2n) is 7.33. The highest BCUT2D eigenvalue weighted by atomic mass is 35.5. The van der Waals surface area contributed by atoms with Gasteiger partial charge < -0.3 is 4.57 Å². The lowest BCUT2D eigenvalue weighted by Crippen LogP contribution is -2.39. The monoisotopic (exact) mass is 526 g/mol. The Kier molecular flexibility index (Phi) is 7.74. The maximum atomic E-state index is 12.4. The van der Waals surface area contributed by atoms with Crippen molar-refractivity contribution in [2.24, 2.45) is 5.10 Å². The smallest absolute Gasteiger partial charge is 0.260 e. The van der Waals surface area contributed by atoms with Gasteiger partial charge in [0.2, 0.25) is 10.0 Å². The molecule has 0 saturated carbocycles. The number of sulfonamides is 1. The summed E-state index contributed by atoms with van der Waals surface area (Å²) >= 11 is 17.9. The zero-order valence-electron chi connectivity index (χ0n) is 18.0. The van der Waals surface area contributed by atoms with Crippen LogP contribution in [0.15, 0.2) is 53.6 Å². The Morgan fingerprint density at radius 2 is 1.64 bits per heavy atom.